The van der Waals surface area contributed by atoms with Gasteiger partial charge in [-0.1, -0.05) is 32.3 Å². The zero-order valence-electron chi connectivity index (χ0n) is 9.66. The summed E-state index contributed by atoms with van der Waals surface area (Å²) in [7, 11) is 0. The fourth-order valence-corrected chi connectivity index (χ4v) is 2.86. The molecule has 1 heterocycles. The zero-order valence-corrected chi connectivity index (χ0v) is 9.66. The van der Waals surface area contributed by atoms with Crippen LogP contribution in [-0.4, -0.2) is 10.1 Å². The molecule has 2 unspecified atom stereocenters. The van der Waals surface area contributed by atoms with E-state index in [0.29, 0.717) is 5.92 Å². The van der Waals surface area contributed by atoms with Crippen molar-refractivity contribution in [2.24, 2.45) is 11.8 Å². The molecule has 0 aromatic carbocycles. The monoisotopic (exact) mass is 206 g/mol. The summed E-state index contributed by atoms with van der Waals surface area (Å²) in [6.07, 6.45) is 4.12. The van der Waals surface area contributed by atoms with Gasteiger partial charge < -0.3 is 4.52 Å². The van der Waals surface area contributed by atoms with Crippen LogP contribution in [-0.2, 0) is 5.41 Å². The van der Waals surface area contributed by atoms with Crippen LogP contribution in [0, 0.1) is 11.8 Å². The van der Waals surface area contributed by atoms with Crippen LogP contribution >= 0.6 is 0 Å². The smallest absolute Gasteiger partial charge is 0.230 e. The van der Waals surface area contributed by atoms with Crippen LogP contribution in [0.15, 0.2) is 4.52 Å². The summed E-state index contributed by atoms with van der Waals surface area (Å²) in [5.41, 5.74) is 0.00570. The minimum atomic E-state index is 0.00570. The molecule has 2 atom stereocenters. The maximum atomic E-state index is 5.39. The van der Waals surface area contributed by atoms with E-state index in [0.717, 1.165) is 23.6 Å². The van der Waals surface area contributed by atoms with Gasteiger partial charge in [0.2, 0.25) is 5.89 Å². The van der Waals surface area contributed by atoms with Crippen molar-refractivity contribution in [1.82, 2.24) is 10.1 Å². The molecule has 0 bridgehead atoms. The molecule has 2 saturated carbocycles. The third kappa shape index (κ3) is 1.40. The Morgan fingerprint density at radius 3 is 2.40 bits per heavy atom. The van der Waals surface area contributed by atoms with Gasteiger partial charge in [-0.2, -0.15) is 4.98 Å². The Hall–Kier alpha value is -0.860. The number of nitrogens with zero attached hydrogens (tertiary/aromatic N) is 2. The van der Waals surface area contributed by atoms with Gasteiger partial charge >= 0.3 is 0 Å². The van der Waals surface area contributed by atoms with E-state index in [1.165, 1.54) is 19.3 Å². The number of rotatable bonds is 1. The number of fused-ring (bicyclic) bond motifs is 1. The first kappa shape index (κ1) is 9.37. The molecule has 0 spiro atoms. The second-order valence-electron chi connectivity index (χ2n) is 5.99. The molecular formula is C12H18N2O. The van der Waals surface area contributed by atoms with Crippen molar-refractivity contribution in [3.05, 3.63) is 11.7 Å². The molecule has 0 aliphatic heterocycles. The van der Waals surface area contributed by atoms with Crippen molar-refractivity contribution < 1.29 is 4.52 Å². The van der Waals surface area contributed by atoms with E-state index in [9.17, 15) is 0 Å². The highest BCUT2D eigenvalue weighted by atomic mass is 16.5. The molecule has 2 fully saturated rings. The lowest BCUT2D eigenvalue weighted by molar-refractivity contribution is 0.354. The maximum Gasteiger partial charge on any atom is 0.230 e. The van der Waals surface area contributed by atoms with E-state index in [1.807, 2.05) is 0 Å². The average Bonchev–Trinajstić information content (AvgIpc) is 2.60. The zero-order chi connectivity index (χ0) is 10.6. The van der Waals surface area contributed by atoms with Crippen LogP contribution < -0.4 is 0 Å². The molecule has 0 N–H and O–H groups in total. The van der Waals surface area contributed by atoms with Crippen LogP contribution in [0.4, 0.5) is 0 Å². The lowest BCUT2D eigenvalue weighted by Gasteiger charge is -2.10. The molecule has 1 aromatic heterocycles. The SMILES string of the molecule is CC(C)(C)c1noc(C2C3CCCC32)n1. The Balaban J connectivity index is 1.81. The molecule has 0 amide bonds. The van der Waals surface area contributed by atoms with E-state index in [2.05, 4.69) is 30.9 Å². The summed E-state index contributed by atoms with van der Waals surface area (Å²) in [5, 5.41) is 4.09. The summed E-state index contributed by atoms with van der Waals surface area (Å²) < 4.78 is 5.39. The van der Waals surface area contributed by atoms with E-state index in [-0.39, 0.29) is 5.41 Å². The predicted octanol–water partition coefficient (Wildman–Crippen LogP) is 2.88. The molecule has 0 radical (unpaired) electrons. The second-order valence-corrected chi connectivity index (χ2v) is 5.99. The molecule has 2 aliphatic carbocycles. The molecular weight excluding hydrogens is 188 g/mol. The normalized spacial score (nSPS) is 34.2. The maximum absolute atomic E-state index is 5.39. The lowest BCUT2D eigenvalue weighted by Crippen LogP contribution is -2.13. The first-order valence-electron chi connectivity index (χ1n) is 5.91. The highest BCUT2D eigenvalue weighted by molar-refractivity contribution is 5.17. The minimum Gasteiger partial charge on any atom is -0.339 e. The van der Waals surface area contributed by atoms with Gasteiger partial charge in [-0.05, 0) is 24.7 Å². The Labute approximate surface area is 90.3 Å². The molecule has 0 saturated heterocycles. The van der Waals surface area contributed by atoms with Crippen LogP contribution in [0.2, 0.25) is 0 Å². The van der Waals surface area contributed by atoms with Gasteiger partial charge in [-0.3, -0.25) is 0 Å². The molecule has 3 heteroatoms. The van der Waals surface area contributed by atoms with Crippen LogP contribution in [0.25, 0.3) is 0 Å². The van der Waals surface area contributed by atoms with Crippen LogP contribution in [0.3, 0.4) is 0 Å². The largest absolute Gasteiger partial charge is 0.339 e. The minimum absolute atomic E-state index is 0.00570. The number of hydrogen-bond donors (Lipinski definition) is 0. The van der Waals surface area contributed by atoms with Gasteiger partial charge in [0.15, 0.2) is 5.82 Å². The first-order chi connectivity index (χ1) is 7.07. The quantitative estimate of drug-likeness (QED) is 0.709. The van der Waals surface area contributed by atoms with Crippen LogP contribution in [0.1, 0.15) is 57.7 Å². The average molecular weight is 206 g/mol. The first-order valence-corrected chi connectivity index (χ1v) is 5.91. The van der Waals surface area contributed by atoms with E-state index in [1.54, 1.807) is 0 Å². The van der Waals surface area contributed by atoms with Gasteiger partial charge in [0.05, 0.1) is 0 Å². The lowest BCUT2D eigenvalue weighted by atomic mass is 9.96. The third-order valence-corrected chi connectivity index (χ3v) is 3.80. The fourth-order valence-electron chi connectivity index (χ4n) is 2.86. The standard InChI is InChI=1S/C12H18N2O/c1-12(2,3)11-13-10(15-14-11)9-7-5-4-6-8(7)9/h7-9H,4-6H2,1-3H3. The van der Waals surface area contributed by atoms with E-state index >= 15 is 0 Å². The Kier molecular flexibility index (Phi) is 1.77. The van der Waals surface area contributed by atoms with E-state index < -0.39 is 0 Å². The molecule has 3 nitrogen and oxygen atoms in total. The summed E-state index contributed by atoms with van der Waals surface area (Å²) in [5.74, 6) is 4.07. The number of hydrogen-bond acceptors (Lipinski definition) is 3. The van der Waals surface area contributed by atoms with Crippen molar-refractivity contribution in [2.75, 3.05) is 0 Å². The van der Waals surface area contributed by atoms with Gasteiger partial charge in [-0.25, -0.2) is 0 Å². The molecule has 2 aliphatic rings. The summed E-state index contributed by atoms with van der Waals surface area (Å²) in [4.78, 5) is 4.55. The van der Waals surface area contributed by atoms with Crippen LogP contribution in [0.5, 0.6) is 0 Å². The van der Waals surface area contributed by atoms with Gasteiger partial charge in [0, 0.05) is 11.3 Å². The fraction of sp³-hybridized carbons (Fsp3) is 0.833. The van der Waals surface area contributed by atoms with Gasteiger partial charge in [0.1, 0.15) is 0 Å². The van der Waals surface area contributed by atoms with E-state index in [4.69, 9.17) is 4.52 Å². The third-order valence-electron chi connectivity index (χ3n) is 3.80. The molecule has 15 heavy (non-hydrogen) atoms. The molecule has 82 valence electrons. The van der Waals surface area contributed by atoms with Crippen molar-refractivity contribution in [2.45, 2.75) is 51.4 Å². The van der Waals surface area contributed by atoms with Crippen molar-refractivity contribution in [3.8, 4) is 0 Å². The molecule has 1 aromatic rings. The second kappa shape index (κ2) is 2.83. The topological polar surface area (TPSA) is 38.9 Å². The summed E-state index contributed by atoms with van der Waals surface area (Å²) in [6.45, 7) is 6.36. The Bertz CT molecular complexity index is 367. The molecule has 3 rings (SSSR count). The van der Waals surface area contributed by atoms with Gasteiger partial charge in [-0.15, -0.1) is 0 Å². The van der Waals surface area contributed by atoms with Crippen molar-refractivity contribution in [1.29, 1.82) is 0 Å². The highest BCUT2D eigenvalue weighted by Gasteiger charge is 2.56. The Morgan fingerprint density at radius 2 is 1.87 bits per heavy atom. The Morgan fingerprint density at radius 1 is 1.20 bits per heavy atom. The summed E-state index contributed by atoms with van der Waals surface area (Å²) in [6, 6.07) is 0. The summed E-state index contributed by atoms with van der Waals surface area (Å²) >= 11 is 0. The van der Waals surface area contributed by atoms with Gasteiger partial charge in [0.25, 0.3) is 0 Å². The van der Waals surface area contributed by atoms with Crippen molar-refractivity contribution >= 4 is 0 Å². The predicted molar refractivity (Wildman–Crippen MR) is 56.6 cm³/mol. The number of aromatic nitrogens is 2. The highest BCUT2D eigenvalue weighted by Crippen LogP contribution is 2.62. The van der Waals surface area contributed by atoms with Crippen molar-refractivity contribution in [3.63, 3.8) is 0 Å².